The Hall–Kier alpha value is -2.60. The van der Waals surface area contributed by atoms with Crippen molar-refractivity contribution in [2.24, 2.45) is 0 Å². The molecule has 1 fully saturated rings. The molecule has 0 saturated heterocycles. The smallest absolute Gasteiger partial charge is 0.251 e. The van der Waals surface area contributed by atoms with Gasteiger partial charge in [0.1, 0.15) is 5.76 Å². The molecule has 3 N–H and O–H groups in total. The minimum absolute atomic E-state index is 0.0938. The molecule has 2 amide bonds. The van der Waals surface area contributed by atoms with E-state index in [1.54, 1.807) is 42.7 Å². The lowest BCUT2D eigenvalue weighted by Gasteiger charge is -2.22. The molecule has 1 aromatic heterocycles. The van der Waals surface area contributed by atoms with Crippen LogP contribution in [0.15, 0.2) is 47.1 Å². The van der Waals surface area contributed by atoms with Gasteiger partial charge < -0.3 is 20.4 Å². The molecule has 3 rings (SSSR count). The van der Waals surface area contributed by atoms with Crippen LogP contribution in [0.3, 0.4) is 0 Å². The molecule has 138 valence electrons. The standard InChI is InChI=1S/C20H25N3O3/c24-19(14-21-16-7-2-1-3-8-16)23-17-9-4-6-15(12-17)20(25)22-13-18-10-5-11-26-18/h4-6,9-12,16,21H,1-3,7-8,13-14H2,(H,22,25)(H,23,24). The highest BCUT2D eigenvalue weighted by atomic mass is 16.3. The number of carbonyl (C=O) groups excluding carboxylic acids is 2. The Kier molecular flexibility index (Phi) is 6.44. The van der Waals surface area contributed by atoms with Crippen molar-refractivity contribution in [2.75, 3.05) is 11.9 Å². The van der Waals surface area contributed by atoms with Crippen LogP contribution in [0.5, 0.6) is 0 Å². The number of carbonyl (C=O) groups is 2. The summed E-state index contributed by atoms with van der Waals surface area (Å²) in [5, 5.41) is 8.95. The Bertz CT molecular complexity index is 722. The molecule has 0 atom stereocenters. The average molecular weight is 355 g/mol. The minimum atomic E-state index is -0.210. The normalized spacial score (nSPS) is 14.8. The SMILES string of the molecule is O=C(CNC1CCCCC1)Nc1cccc(C(=O)NCc2ccco2)c1. The van der Waals surface area contributed by atoms with Gasteiger partial charge in [-0.15, -0.1) is 0 Å². The largest absolute Gasteiger partial charge is 0.467 e. The molecular formula is C20H25N3O3. The van der Waals surface area contributed by atoms with E-state index < -0.39 is 0 Å². The fraction of sp³-hybridized carbons (Fsp3) is 0.400. The number of furan rings is 1. The molecule has 1 aliphatic carbocycles. The predicted molar refractivity (Wildman–Crippen MR) is 99.8 cm³/mol. The van der Waals surface area contributed by atoms with E-state index in [1.165, 1.54) is 19.3 Å². The van der Waals surface area contributed by atoms with Crippen LogP contribution in [0.1, 0.15) is 48.2 Å². The van der Waals surface area contributed by atoms with E-state index in [4.69, 9.17) is 4.42 Å². The molecule has 0 spiro atoms. The van der Waals surface area contributed by atoms with Crippen LogP contribution in [0.25, 0.3) is 0 Å². The second-order valence-electron chi connectivity index (χ2n) is 6.61. The minimum Gasteiger partial charge on any atom is -0.467 e. The van der Waals surface area contributed by atoms with E-state index in [2.05, 4.69) is 16.0 Å². The van der Waals surface area contributed by atoms with Gasteiger partial charge in [0.05, 0.1) is 19.4 Å². The van der Waals surface area contributed by atoms with Gasteiger partial charge in [-0.3, -0.25) is 9.59 Å². The van der Waals surface area contributed by atoms with Crippen molar-refractivity contribution in [3.63, 3.8) is 0 Å². The van der Waals surface area contributed by atoms with Crippen molar-refractivity contribution in [3.8, 4) is 0 Å². The molecule has 1 aliphatic rings. The molecule has 1 aromatic carbocycles. The van der Waals surface area contributed by atoms with Crippen LogP contribution in [0, 0.1) is 0 Å². The molecule has 0 radical (unpaired) electrons. The summed E-state index contributed by atoms with van der Waals surface area (Å²) >= 11 is 0. The first-order valence-electron chi connectivity index (χ1n) is 9.14. The van der Waals surface area contributed by atoms with E-state index in [1.807, 2.05) is 0 Å². The Labute approximate surface area is 153 Å². The molecule has 2 aromatic rings. The highest BCUT2D eigenvalue weighted by molar-refractivity contribution is 5.97. The number of nitrogens with one attached hydrogen (secondary N) is 3. The van der Waals surface area contributed by atoms with Crippen molar-refractivity contribution in [3.05, 3.63) is 54.0 Å². The second-order valence-corrected chi connectivity index (χ2v) is 6.61. The quantitative estimate of drug-likeness (QED) is 0.713. The maximum atomic E-state index is 12.2. The van der Waals surface area contributed by atoms with Crippen molar-refractivity contribution < 1.29 is 14.0 Å². The monoisotopic (exact) mass is 355 g/mol. The third kappa shape index (κ3) is 5.46. The van der Waals surface area contributed by atoms with Crippen molar-refractivity contribution >= 4 is 17.5 Å². The van der Waals surface area contributed by atoms with Gasteiger partial charge in [-0.1, -0.05) is 25.3 Å². The first kappa shape index (κ1) is 18.2. The number of amides is 2. The van der Waals surface area contributed by atoms with Crippen molar-refractivity contribution in [1.82, 2.24) is 10.6 Å². The molecule has 26 heavy (non-hydrogen) atoms. The first-order chi connectivity index (χ1) is 12.7. The van der Waals surface area contributed by atoms with Gasteiger partial charge in [-0.2, -0.15) is 0 Å². The van der Waals surface area contributed by atoms with Gasteiger partial charge in [-0.05, 0) is 43.2 Å². The van der Waals surface area contributed by atoms with Gasteiger partial charge >= 0.3 is 0 Å². The molecule has 6 nitrogen and oxygen atoms in total. The van der Waals surface area contributed by atoms with Crippen LogP contribution in [0.2, 0.25) is 0 Å². The third-order valence-corrected chi connectivity index (χ3v) is 4.57. The van der Waals surface area contributed by atoms with Gasteiger partial charge in [-0.25, -0.2) is 0 Å². The lowest BCUT2D eigenvalue weighted by Crippen LogP contribution is -2.37. The summed E-state index contributed by atoms with van der Waals surface area (Å²) < 4.78 is 5.19. The summed E-state index contributed by atoms with van der Waals surface area (Å²) in [4.78, 5) is 24.4. The number of rotatable bonds is 7. The summed E-state index contributed by atoms with van der Waals surface area (Å²) in [5.41, 5.74) is 1.11. The van der Waals surface area contributed by atoms with Crippen molar-refractivity contribution in [1.29, 1.82) is 0 Å². The van der Waals surface area contributed by atoms with E-state index in [9.17, 15) is 9.59 Å². The Morgan fingerprint density at radius 1 is 1.08 bits per heavy atom. The summed E-state index contributed by atoms with van der Waals surface area (Å²) in [6.45, 7) is 0.618. The van der Waals surface area contributed by atoms with Crippen LogP contribution < -0.4 is 16.0 Å². The topological polar surface area (TPSA) is 83.4 Å². The first-order valence-corrected chi connectivity index (χ1v) is 9.14. The summed E-state index contributed by atoms with van der Waals surface area (Å²) in [6.07, 6.45) is 7.60. The molecule has 1 heterocycles. The fourth-order valence-electron chi connectivity index (χ4n) is 3.17. The van der Waals surface area contributed by atoms with Gasteiger partial charge in [0.25, 0.3) is 5.91 Å². The number of anilines is 1. The lowest BCUT2D eigenvalue weighted by atomic mass is 9.95. The van der Waals surface area contributed by atoms with Crippen LogP contribution in [-0.4, -0.2) is 24.4 Å². The summed E-state index contributed by atoms with van der Waals surface area (Å²) in [7, 11) is 0. The fourth-order valence-corrected chi connectivity index (χ4v) is 3.17. The van der Waals surface area contributed by atoms with E-state index in [-0.39, 0.29) is 11.8 Å². The predicted octanol–water partition coefficient (Wildman–Crippen LogP) is 3.07. The average Bonchev–Trinajstić information content (AvgIpc) is 3.19. The summed E-state index contributed by atoms with van der Waals surface area (Å²) in [6, 6.07) is 10.9. The zero-order chi connectivity index (χ0) is 18.2. The Morgan fingerprint density at radius 3 is 2.69 bits per heavy atom. The van der Waals surface area contributed by atoms with E-state index >= 15 is 0 Å². The van der Waals surface area contributed by atoms with E-state index in [0.29, 0.717) is 36.1 Å². The highest BCUT2D eigenvalue weighted by Crippen LogP contribution is 2.17. The lowest BCUT2D eigenvalue weighted by molar-refractivity contribution is -0.115. The Morgan fingerprint density at radius 2 is 1.92 bits per heavy atom. The number of hydrogen-bond acceptors (Lipinski definition) is 4. The third-order valence-electron chi connectivity index (χ3n) is 4.57. The highest BCUT2D eigenvalue weighted by Gasteiger charge is 2.14. The molecule has 0 bridgehead atoms. The number of benzene rings is 1. The maximum Gasteiger partial charge on any atom is 0.251 e. The van der Waals surface area contributed by atoms with Crippen LogP contribution in [-0.2, 0) is 11.3 Å². The van der Waals surface area contributed by atoms with Gasteiger partial charge in [0, 0.05) is 17.3 Å². The molecular weight excluding hydrogens is 330 g/mol. The van der Waals surface area contributed by atoms with Gasteiger partial charge in [0.2, 0.25) is 5.91 Å². The zero-order valence-corrected chi connectivity index (χ0v) is 14.8. The van der Waals surface area contributed by atoms with Crippen molar-refractivity contribution in [2.45, 2.75) is 44.7 Å². The Balaban J connectivity index is 1.48. The number of hydrogen-bond donors (Lipinski definition) is 3. The maximum absolute atomic E-state index is 12.2. The van der Waals surface area contributed by atoms with Gasteiger partial charge in [0.15, 0.2) is 0 Å². The van der Waals surface area contributed by atoms with E-state index in [0.717, 1.165) is 12.8 Å². The zero-order valence-electron chi connectivity index (χ0n) is 14.8. The molecule has 0 aliphatic heterocycles. The van der Waals surface area contributed by atoms with Crippen LogP contribution in [0.4, 0.5) is 5.69 Å². The molecule has 0 unspecified atom stereocenters. The summed E-state index contributed by atoms with van der Waals surface area (Å²) in [5.74, 6) is 0.387. The van der Waals surface area contributed by atoms with Crippen LogP contribution >= 0.6 is 0 Å². The molecule has 1 saturated carbocycles. The second kappa shape index (κ2) is 9.20. The molecule has 6 heteroatoms.